The number of allylic oxidation sites excluding steroid dienone is 2. The van der Waals surface area contributed by atoms with E-state index in [1.807, 2.05) is 10.8 Å². The van der Waals surface area contributed by atoms with Gasteiger partial charge in [-0.3, -0.25) is 19.4 Å². The summed E-state index contributed by atoms with van der Waals surface area (Å²) in [5.41, 5.74) is 1.52. The molecule has 0 saturated carbocycles. The Balaban J connectivity index is 1.92. The SMILES string of the molecule is CC(=O)NCCn1cccc1C1=CC(=O)c2ncccc2C1=O. The number of amides is 1. The first-order valence-corrected chi connectivity index (χ1v) is 7.23. The lowest BCUT2D eigenvalue weighted by Gasteiger charge is -2.16. The molecule has 0 atom stereocenters. The van der Waals surface area contributed by atoms with Gasteiger partial charge in [0.05, 0.1) is 16.8 Å². The van der Waals surface area contributed by atoms with Crippen molar-refractivity contribution in [2.45, 2.75) is 13.5 Å². The van der Waals surface area contributed by atoms with Crippen molar-refractivity contribution in [3.05, 3.63) is 59.7 Å². The summed E-state index contributed by atoms with van der Waals surface area (Å²) < 4.78 is 1.84. The largest absolute Gasteiger partial charge is 0.355 e. The molecular weight excluding hydrogens is 294 g/mol. The van der Waals surface area contributed by atoms with Crippen molar-refractivity contribution < 1.29 is 14.4 Å². The molecule has 3 rings (SSSR count). The lowest BCUT2D eigenvalue weighted by Crippen LogP contribution is -2.25. The molecule has 116 valence electrons. The van der Waals surface area contributed by atoms with E-state index in [0.29, 0.717) is 29.9 Å². The van der Waals surface area contributed by atoms with Crippen molar-refractivity contribution in [1.82, 2.24) is 14.9 Å². The Hall–Kier alpha value is -3.02. The zero-order chi connectivity index (χ0) is 16.4. The maximum Gasteiger partial charge on any atom is 0.216 e. The zero-order valence-electron chi connectivity index (χ0n) is 12.6. The number of nitrogens with zero attached hydrogens (tertiary/aromatic N) is 2. The third-order valence-electron chi connectivity index (χ3n) is 3.64. The number of hydrogen-bond donors (Lipinski definition) is 1. The van der Waals surface area contributed by atoms with Crippen molar-refractivity contribution in [1.29, 1.82) is 0 Å². The number of fused-ring (bicyclic) bond motifs is 1. The number of rotatable bonds is 4. The Kier molecular flexibility index (Phi) is 3.89. The van der Waals surface area contributed by atoms with Crippen molar-refractivity contribution in [2.75, 3.05) is 6.54 Å². The fourth-order valence-corrected chi connectivity index (χ4v) is 2.59. The van der Waals surface area contributed by atoms with Crippen LogP contribution in [0.1, 0.15) is 33.5 Å². The molecule has 6 nitrogen and oxygen atoms in total. The highest BCUT2D eigenvalue weighted by Gasteiger charge is 2.28. The molecule has 0 aliphatic heterocycles. The number of hydrogen-bond acceptors (Lipinski definition) is 4. The summed E-state index contributed by atoms with van der Waals surface area (Å²) in [6.07, 6.45) is 4.65. The number of carbonyl (C=O) groups is 3. The number of Topliss-reactive ketones (excluding diaryl/α,β-unsaturated/α-hetero) is 1. The van der Waals surface area contributed by atoms with Gasteiger partial charge in [0.2, 0.25) is 11.7 Å². The van der Waals surface area contributed by atoms with E-state index in [2.05, 4.69) is 10.3 Å². The van der Waals surface area contributed by atoms with Gasteiger partial charge in [-0.15, -0.1) is 0 Å². The number of nitrogens with one attached hydrogen (secondary N) is 1. The van der Waals surface area contributed by atoms with Gasteiger partial charge in [0.15, 0.2) is 5.78 Å². The summed E-state index contributed by atoms with van der Waals surface area (Å²) in [5, 5.41) is 2.71. The topological polar surface area (TPSA) is 81.1 Å². The molecule has 2 aromatic heterocycles. The highest BCUT2D eigenvalue weighted by atomic mass is 16.1. The predicted molar refractivity (Wildman–Crippen MR) is 84.0 cm³/mol. The fourth-order valence-electron chi connectivity index (χ4n) is 2.59. The average Bonchev–Trinajstić information content (AvgIpc) is 2.99. The number of aromatic nitrogens is 2. The normalized spacial score (nSPS) is 13.5. The number of pyridine rings is 1. The average molecular weight is 309 g/mol. The maximum absolute atomic E-state index is 12.7. The molecule has 0 bridgehead atoms. The van der Waals surface area contributed by atoms with E-state index in [-0.39, 0.29) is 23.2 Å². The van der Waals surface area contributed by atoms with Crippen LogP contribution in [0.2, 0.25) is 0 Å². The molecule has 0 unspecified atom stereocenters. The molecule has 2 aromatic rings. The van der Waals surface area contributed by atoms with Crippen molar-refractivity contribution in [2.24, 2.45) is 0 Å². The van der Waals surface area contributed by atoms with Gasteiger partial charge in [-0.1, -0.05) is 0 Å². The first-order chi connectivity index (χ1) is 11.1. The van der Waals surface area contributed by atoms with Crippen LogP contribution in [0.5, 0.6) is 0 Å². The molecule has 0 aromatic carbocycles. The molecule has 0 spiro atoms. The highest BCUT2D eigenvalue weighted by molar-refractivity contribution is 6.38. The minimum absolute atomic E-state index is 0.109. The minimum atomic E-state index is -0.273. The van der Waals surface area contributed by atoms with E-state index in [0.717, 1.165) is 0 Å². The molecule has 1 N–H and O–H groups in total. The van der Waals surface area contributed by atoms with Crippen molar-refractivity contribution in [3.63, 3.8) is 0 Å². The lowest BCUT2D eigenvalue weighted by atomic mass is 9.91. The fraction of sp³-hybridized carbons (Fsp3) is 0.176. The Labute approximate surface area is 132 Å². The van der Waals surface area contributed by atoms with Crippen LogP contribution in [0.3, 0.4) is 0 Å². The van der Waals surface area contributed by atoms with Crippen LogP contribution < -0.4 is 5.32 Å². The molecular formula is C17H15N3O3. The summed E-state index contributed by atoms with van der Waals surface area (Å²) in [7, 11) is 0. The number of carbonyl (C=O) groups excluding carboxylic acids is 3. The van der Waals surface area contributed by atoms with Gasteiger partial charge in [-0.25, -0.2) is 0 Å². The van der Waals surface area contributed by atoms with Crippen LogP contribution >= 0.6 is 0 Å². The second-order valence-corrected chi connectivity index (χ2v) is 5.22. The first-order valence-electron chi connectivity index (χ1n) is 7.23. The zero-order valence-corrected chi connectivity index (χ0v) is 12.6. The van der Waals surface area contributed by atoms with Gasteiger partial charge < -0.3 is 9.88 Å². The lowest BCUT2D eigenvalue weighted by molar-refractivity contribution is -0.118. The summed E-state index contributed by atoms with van der Waals surface area (Å²) in [6.45, 7) is 2.41. The van der Waals surface area contributed by atoms with Crippen LogP contribution in [0.4, 0.5) is 0 Å². The molecule has 0 fully saturated rings. The van der Waals surface area contributed by atoms with Crippen LogP contribution in [0.15, 0.2) is 42.7 Å². The molecule has 6 heteroatoms. The van der Waals surface area contributed by atoms with Gasteiger partial charge in [0.1, 0.15) is 5.69 Å². The standard InChI is InChI=1S/C17H15N3O3/c1-11(21)18-7-9-20-8-3-5-14(20)13-10-15(22)16-12(17(13)23)4-2-6-19-16/h2-6,8,10H,7,9H2,1H3,(H,18,21). The van der Waals surface area contributed by atoms with Gasteiger partial charge in [-0.05, 0) is 24.3 Å². The van der Waals surface area contributed by atoms with E-state index in [1.165, 1.54) is 19.2 Å². The Morgan fingerprint density at radius 1 is 1.26 bits per heavy atom. The monoisotopic (exact) mass is 309 g/mol. The van der Waals surface area contributed by atoms with Crippen molar-refractivity contribution >= 4 is 23.0 Å². The highest BCUT2D eigenvalue weighted by Crippen LogP contribution is 2.26. The summed E-state index contributed by atoms with van der Waals surface area (Å²) in [5.74, 6) is -0.598. The second-order valence-electron chi connectivity index (χ2n) is 5.22. The van der Waals surface area contributed by atoms with E-state index >= 15 is 0 Å². The van der Waals surface area contributed by atoms with E-state index in [9.17, 15) is 14.4 Å². The van der Waals surface area contributed by atoms with Crippen LogP contribution in [0.25, 0.3) is 5.57 Å². The quantitative estimate of drug-likeness (QED) is 0.927. The second kappa shape index (κ2) is 6.00. The summed E-state index contributed by atoms with van der Waals surface area (Å²) >= 11 is 0. The van der Waals surface area contributed by atoms with E-state index < -0.39 is 0 Å². The summed E-state index contributed by atoms with van der Waals surface area (Å²) in [6, 6.07) is 6.84. The third-order valence-corrected chi connectivity index (χ3v) is 3.64. The van der Waals surface area contributed by atoms with E-state index in [1.54, 1.807) is 24.3 Å². The molecule has 0 saturated heterocycles. The van der Waals surface area contributed by atoms with Crippen molar-refractivity contribution in [3.8, 4) is 0 Å². The Morgan fingerprint density at radius 2 is 2.09 bits per heavy atom. The molecule has 1 amide bonds. The van der Waals surface area contributed by atoms with Gasteiger partial charge in [0, 0.05) is 38.5 Å². The number of ketones is 2. The minimum Gasteiger partial charge on any atom is -0.355 e. The van der Waals surface area contributed by atoms with Crippen LogP contribution in [-0.4, -0.2) is 33.6 Å². The molecule has 1 aliphatic carbocycles. The van der Waals surface area contributed by atoms with Gasteiger partial charge in [-0.2, -0.15) is 0 Å². The molecule has 23 heavy (non-hydrogen) atoms. The molecule has 0 radical (unpaired) electrons. The Morgan fingerprint density at radius 3 is 2.87 bits per heavy atom. The van der Waals surface area contributed by atoms with Gasteiger partial charge >= 0.3 is 0 Å². The first kappa shape index (κ1) is 14.9. The summed E-state index contributed by atoms with van der Waals surface area (Å²) in [4.78, 5) is 39.8. The molecule has 2 heterocycles. The third kappa shape index (κ3) is 2.83. The van der Waals surface area contributed by atoms with Crippen LogP contribution in [-0.2, 0) is 11.3 Å². The van der Waals surface area contributed by atoms with E-state index in [4.69, 9.17) is 0 Å². The predicted octanol–water partition coefficient (Wildman–Crippen LogP) is 1.48. The Bertz CT molecular complexity index is 833. The molecule has 1 aliphatic rings. The maximum atomic E-state index is 12.7. The smallest absolute Gasteiger partial charge is 0.216 e. The van der Waals surface area contributed by atoms with Crippen LogP contribution in [0, 0.1) is 0 Å². The van der Waals surface area contributed by atoms with Gasteiger partial charge in [0.25, 0.3) is 0 Å².